The summed E-state index contributed by atoms with van der Waals surface area (Å²) in [5.74, 6) is 0. The van der Waals surface area contributed by atoms with E-state index in [2.05, 4.69) is 10.3 Å². The maximum Gasteiger partial charge on any atom is 0.295 e. The van der Waals surface area contributed by atoms with Gasteiger partial charge in [0, 0.05) is 6.61 Å². The molecular formula is C12H16N2O2. The molecule has 4 nitrogen and oxygen atoms in total. The average molecular weight is 220 g/mol. The lowest BCUT2D eigenvalue weighted by Crippen LogP contribution is -2.21. The minimum atomic E-state index is 0.188. The van der Waals surface area contributed by atoms with E-state index in [4.69, 9.17) is 9.15 Å². The molecule has 0 saturated heterocycles. The van der Waals surface area contributed by atoms with Crippen LogP contribution in [-0.4, -0.2) is 24.2 Å². The lowest BCUT2D eigenvalue weighted by atomic mass is 10.3. The van der Waals surface area contributed by atoms with Crippen LogP contribution in [0, 0.1) is 0 Å². The summed E-state index contributed by atoms with van der Waals surface area (Å²) in [7, 11) is 0. The topological polar surface area (TPSA) is 47.3 Å². The Morgan fingerprint density at radius 3 is 3.00 bits per heavy atom. The third-order valence-electron chi connectivity index (χ3n) is 2.24. The smallest absolute Gasteiger partial charge is 0.295 e. The van der Waals surface area contributed by atoms with Crippen molar-refractivity contribution in [3.8, 4) is 0 Å². The predicted molar refractivity (Wildman–Crippen MR) is 63.6 cm³/mol. The highest BCUT2D eigenvalue weighted by Gasteiger charge is 2.07. The second kappa shape index (κ2) is 4.99. The standard InChI is InChI=1S/C12H16N2O2/c1-3-15-8-9(2)13-12-14-10-6-4-5-7-11(10)16-12/h4-7,9H,3,8H2,1-2H3,(H,13,14). The van der Waals surface area contributed by atoms with Crippen LogP contribution in [-0.2, 0) is 4.74 Å². The van der Waals surface area contributed by atoms with Gasteiger partial charge in [-0.1, -0.05) is 12.1 Å². The van der Waals surface area contributed by atoms with Crippen molar-refractivity contribution >= 4 is 17.1 Å². The van der Waals surface area contributed by atoms with Gasteiger partial charge in [-0.05, 0) is 26.0 Å². The molecule has 0 fully saturated rings. The van der Waals surface area contributed by atoms with Gasteiger partial charge in [0.15, 0.2) is 5.58 Å². The summed E-state index contributed by atoms with van der Waals surface area (Å²) in [6, 6.07) is 8.44. The number of hydrogen-bond donors (Lipinski definition) is 1. The Balaban J connectivity index is 2.03. The van der Waals surface area contributed by atoms with E-state index < -0.39 is 0 Å². The van der Waals surface area contributed by atoms with Crippen molar-refractivity contribution in [3.05, 3.63) is 24.3 Å². The van der Waals surface area contributed by atoms with Crippen LogP contribution in [0.2, 0.25) is 0 Å². The zero-order valence-corrected chi connectivity index (χ0v) is 9.56. The lowest BCUT2D eigenvalue weighted by molar-refractivity contribution is 0.141. The first-order valence-electron chi connectivity index (χ1n) is 5.49. The number of nitrogens with zero attached hydrogens (tertiary/aromatic N) is 1. The third kappa shape index (κ3) is 2.52. The second-order valence-corrected chi connectivity index (χ2v) is 3.69. The van der Waals surface area contributed by atoms with Crippen LogP contribution in [0.25, 0.3) is 11.1 Å². The number of benzene rings is 1. The van der Waals surface area contributed by atoms with E-state index in [-0.39, 0.29) is 6.04 Å². The molecule has 2 aromatic rings. The Morgan fingerprint density at radius 1 is 1.44 bits per heavy atom. The van der Waals surface area contributed by atoms with Gasteiger partial charge in [-0.25, -0.2) is 0 Å². The van der Waals surface area contributed by atoms with Crippen molar-refractivity contribution in [2.24, 2.45) is 0 Å². The second-order valence-electron chi connectivity index (χ2n) is 3.69. The molecule has 0 aliphatic carbocycles. The minimum Gasteiger partial charge on any atom is -0.424 e. The largest absolute Gasteiger partial charge is 0.424 e. The number of fused-ring (bicyclic) bond motifs is 1. The van der Waals surface area contributed by atoms with Crippen molar-refractivity contribution < 1.29 is 9.15 Å². The van der Waals surface area contributed by atoms with Gasteiger partial charge < -0.3 is 14.5 Å². The molecule has 0 radical (unpaired) electrons. The number of ether oxygens (including phenoxy) is 1. The summed E-state index contributed by atoms with van der Waals surface area (Å²) in [6.07, 6.45) is 0. The molecule has 0 bridgehead atoms. The molecule has 1 heterocycles. The first kappa shape index (κ1) is 11.0. The zero-order chi connectivity index (χ0) is 11.4. The molecule has 86 valence electrons. The molecule has 1 atom stereocenters. The molecule has 0 aliphatic heterocycles. The fourth-order valence-electron chi connectivity index (χ4n) is 1.48. The van der Waals surface area contributed by atoms with Crippen molar-refractivity contribution in [2.75, 3.05) is 18.5 Å². The molecule has 0 amide bonds. The predicted octanol–water partition coefficient (Wildman–Crippen LogP) is 2.66. The normalized spacial score (nSPS) is 12.9. The number of hydrogen-bond acceptors (Lipinski definition) is 4. The van der Waals surface area contributed by atoms with Crippen molar-refractivity contribution in [1.29, 1.82) is 0 Å². The fraction of sp³-hybridized carbons (Fsp3) is 0.417. The highest BCUT2D eigenvalue weighted by Crippen LogP contribution is 2.18. The van der Waals surface area contributed by atoms with E-state index in [1.807, 2.05) is 38.1 Å². The Kier molecular flexibility index (Phi) is 3.41. The van der Waals surface area contributed by atoms with E-state index in [9.17, 15) is 0 Å². The van der Waals surface area contributed by atoms with Gasteiger partial charge in [0.1, 0.15) is 5.52 Å². The maximum absolute atomic E-state index is 5.54. The highest BCUT2D eigenvalue weighted by atomic mass is 16.5. The van der Waals surface area contributed by atoms with Crippen LogP contribution < -0.4 is 5.32 Å². The number of para-hydroxylation sites is 2. The SMILES string of the molecule is CCOCC(C)Nc1nc2ccccc2o1. The summed E-state index contributed by atoms with van der Waals surface area (Å²) in [4.78, 5) is 4.33. The maximum atomic E-state index is 5.54. The van der Waals surface area contributed by atoms with Gasteiger partial charge >= 0.3 is 0 Å². The van der Waals surface area contributed by atoms with Gasteiger partial charge in [-0.3, -0.25) is 0 Å². The van der Waals surface area contributed by atoms with E-state index in [0.29, 0.717) is 12.6 Å². The Labute approximate surface area is 94.6 Å². The first-order valence-corrected chi connectivity index (χ1v) is 5.49. The third-order valence-corrected chi connectivity index (χ3v) is 2.24. The number of aromatic nitrogens is 1. The quantitative estimate of drug-likeness (QED) is 0.841. The Hall–Kier alpha value is -1.55. The van der Waals surface area contributed by atoms with Crippen molar-refractivity contribution in [1.82, 2.24) is 4.98 Å². The van der Waals surface area contributed by atoms with Crippen LogP contribution in [0.5, 0.6) is 0 Å². The van der Waals surface area contributed by atoms with E-state index >= 15 is 0 Å². The molecule has 0 spiro atoms. The summed E-state index contributed by atoms with van der Waals surface area (Å²) in [5, 5.41) is 3.16. The first-order chi connectivity index (χ1) is 7.79. The average Bonchev–Trinajstić information content (AvgIpc) is 2.68. The monoisotopic (exact) mass is 220 g/mol. The minimum absolute atomic E-state index is 0.188. The number of anilines is 1. The molecule has 1 aromatic carbocycles. The molecule has 16 heavy (non-hydrogen) atoms. The van der Waals surface area contributed by atoms with Crippen LogP contribution in [0.1, 0.15) is 13.8 Å². The van der Waals surface area contributed by atoms with Gasteiger partial charge in [0.25, 0.3) is 6.01 Å². The van der Waals surface area contributed by atoms with E-state index in [1.54, 1.807) is 0 Å². The van der Waals surface area contributed by atoms with Crippen molar-refractivity contribution in [2.45, 2.75) is 19.9 Å². The number of oxazole rings is 1. The van der Waals surface area contributed by atoms with Crippen LogP contribution in [0.4, 0.5) is 6.01 Å². The highest BCUT2D eigenvalue weighted by molar-refractivity contribution is 5.74. The molecule has 1 unspecified atom stereocenters. The molecule has 4 heteroatoms. The molecular weight excluding hydrogens is 204 g/mol. The Morgan fingerprint density at radius 2 is 2.25 bits per heavy atom. The van der Waals surface area contributed by atoms with Gasteiger partial charge in [-0.2, -0.15) is 4.98 Å². The number of nitrogens with one attached hydrogen (secondary N) is 1. The van der Waals surface area contributed by atoms with E-state index in [1.165, 1.54) is 0 Å². The zero-order valence-electron chi connectivity index (χ0n) is 9.56. The van der Waals surface area contributed by atoms with Crippen molar-refractivity contribution in [3.63, 3.8) is 0 Å². The van der Waals surface area contributed by atoms with Gasteiger partial charge in [0.2, 0.25) is 0 Å². The molecule has 0 aliphatic rings. The van der Waals surface area contributed by atoms with Crippen LogP contribution in [0.3, 0.4) is 0 Å². The molecule has 0 saturated carbocycles. The van der Waals surface area contributed by atoms with Crippen LogP contribution >= 0.6 is 0 Å². The molecule has 2 rings (SSSR count). The van der Waals surface area contributed by atoms with E-state index in [0.717, 1.165) is 17.7 Å². The molecule has 1 N–H and O–H groups in total. The Bertz CT molecular complexity index is 420. The van der Waals surface area contributed by atoms with Gasteiger partial charge in [-0.15, -0.1) is 0 Å². The molecule has 1 aromatic heterocycles. The van der Waals surface area contributed by atoms with Gasteiger partial charge in [0.05, 0.1) is 12.6 Å². The lowest BCUT2D eigenvalue weighted by Gasteiger charge is -2.10. The fourth-order valence-corrected chi connectivity index (χ4v) is 1.48. The summed E-state index contributed by atoms with van der Waals surface area (Å²) >= 11 is 0. The summed E-state index contributed by atoms with van der Waals surface area (Å²) in [5.41, 5.74) is 1.67. The summed E-state index contributed by atoms with van der Waals surface area (Å²) in [6.45, 7) is 5.38. The number of rotatable bonds is 5. The summed E-state index contributed by atoms with van der Waals surface area (Å²) < 4.78 is 10.9. The van der Waals surface area contributed by atoms with Crippen LogP contribution in [0.15, 0.2) is 28.7 Å².